The van der Waals surface area contributed by atoms with Crippen LogP contribution in [0.15, 0.2) is 0 Å². The van der Waals surface area contributed by atoms with Crippen molar-refractivity contribution in [2.24, 2.45) is 17.8 Å². The molecule has 4 fully saturated rings. The third-order valence-corrected chi connectivity index (χ3v) is 5.76. The fourth-order valence-electron chi connectivity index (χ4n) is 5.01. The van der Waals surface area contributed by atoms with Crippen molar-refractivity contribution in [3.05, 3.63) is 10.6 Å². The summed E-state index contributed by atoms with van der Waals surface area (Å²) in [5.41, 5.74) is 1.27. The molecule has 0 aromatic carbocycles. The van der Waals surface area contributed by atoms with Crippen LogP contribution in [0.4, 0.5) is 0 Å². The highest BCUT2D eigenvalue weighted by atomic mass is 32.1. The van der Waals surface area contributed by atoms with Crippen LogP contribution in [-0.2, 0) is 5.41 Å². The van der Waals surface area contributed by atoms with Gasteiger partial charge in [0.15, 0.2) is 0 Å². The standard InChI is InChI=1S/C13H15N3S/c14-7-11-12(15-16-17-11)13-4-8-1-9(5-13)3-10(2-8)6-13/h8-10H,1-6H2. The molecule has 4 heteroatoms. The Labute approximate surface area is 105 Å². The fraction of sp³-hybridized carbons (Fsp3) is 0.769. The van der Waals surface area contributed by atoms with E-state index in [4.69, 9.17) is 0 Å². The molecule has 5 rings (SSSR count). The Balaban J connectivity index is 1.80. The average molecular weight is 245 g/mol. The van der Waals surface area contributed by atoms with E-state index in [0.717, 1.165) is 28.3 Å². The number of aromatic nitrogens is 2. The average Bonchev–Trinajstić information content (AvgIpc) is 2.75. The van der Waals surface area contributed by atoms with Crippen molar-refractivity contribution in [1.29, 1.82) is 5.26 Å². The van der Waals surface area contributed by atoms with Crippen LogP contribution in [-0.4, -0.2) is 9.59 Å². The van der Waals surface area contributed by atoms with E-state index >= 15 is 0 Å². The van der Waals surface area contributed by atoms with E-state index in [-0.39, 0.29) is 5.41 Å². The summed E-state index contributed by atoms with van der Waals surface area (Å²) >= 11 is 1.28. The summed E-state index contributed by atoms with van der Waals surface area (Å²) in [4.78, 5) is 0.770. The van der Waals surface area contributed by atoms with Crippen molar-refractivity contribution in [3.63, 3.8) is 0 Å². The molecule has 4 bridgehead atoms. The lowest BCUT2D eigenvalue weighted by atomic mass is 9.49. The van der Waals surface area contributed by atoms with Crippen molar-refractivity contribution in [3.8, 4) is 6.07 Å². The molecule has 3 nitrogen and oxygen atoms in total. The van der Waals surface area contributed by atoms with Gasteiger partial charge in [0.1, 0.15) is 10.9 Å². The molecule has 0 N–H and O–H groups in total. The first-order chi connectivity index (χ1) is 8.29. The quantitative estimate of drug-likeness (QED) is 0.764. The number of hydrogen-bond donors (Lipinski definition) is 0. The summed E-state index contributed by atoms with van der Waals surface area (Å²) in [6, 6.07) is 2.29. The van der Waals surface area contributed by atoms with E-state index < -0.39 is 0 Å². The van der Waals surface area contributed by atoms with Gasteiger partial charge in [-0.2, -0.15) is 5.26 Å². The first-order valence-electron chi connectivity index (χ1n) is 6.52. The fourth-order valence-corrected chi connectivity index (χ4v) is 5.60. The Morgan fingerprint density at radius 3 is 2.24 bits per heavy atom. The van der Waals surface area contributed by atoms with Gasteiger partial charge < -0.3 is 0 Å². The van der Waals surface area contributed by atoms with Crippen molar-refractivity contribution in [2.75, 3.05) is 0 Å². The predicted octanol–water partition coefficient (Wildman–Crippen LogP) is 2.88. The van der Waals surface area contributed by atoms with E-state index in [1.807, 2.05) is 0 Å². The minimum absolute atomic E-state index is 0.229. The van der Waals surface area contributed by atoms with Gasteiger partial charge in [0, 0.05) is 5.41 Å². The third-order valence-electron chi connectivity index (χ3n) is 5.13. The lowest BCUT2D eigenvalue weighted by Gasteiger charge is -2.56. The van der Waals surface area contributed by atoms with Crippen molar-refractivity contribution in [1.82, 2.24) is 9.59 Å². The van der Waals surface area contributed by atoms with Gasteiger partial charge in [0.2, 0.25) is 0 Å². The molecular formula is C13H15N3S. The molecule has 4 aliphatic carbocycles. The topological polar surface area (TPSA) is 49.6 Å². The molecule has 4 aliphatic rings. The monoisotopic (exact) mass is 245 g/mol. The normalized spacial score (nSPS) is 42.6. The molecule has 1 aromatic rings. The molecule has 1 heterocycles. The van der Waals surface area contributed by atoms with Gasteiger partial charge in [-0.3, -0.25) is 0 Å². The smallest absolute Gasteiger partial charge is 0.149 e. The first-order valence-corrected chi connectivity index (χ1v) is 7.29. The molecule has 0 spiro atoms. The SMILES string of the molecule is N#Cc1snnc1C12CC3CC(CC(C3)C1)C2. The van der Waals surface area contributed by atoms with Gasteiger partial charge in [-0.25, -0.2) is 0 Å². The van der Waals surface area contributed by atoms with Crippen molar-refractivity contribution in [2.45, 2.75) is 43.9 Å². The van der Waals surface area contributed by atoms with E-state index in [1.165, 1.54) is 50.1 Å². The number of hydrogen-bond acceptors (Lipinski definition) is 4. The molecule has 0 atom stereocenters. The van der Waals surface area contributed by atoms with Crippen molar-refractivity contribution >= 4 is 11.5 Å². The second-order valence-corrected chi connectivity index (χ2v) is 7.01. The summed E-state index contributed by atoms with van der Waals surface area (Å²) in [5.74, 6) is 2.69. The molecule has 0 radical (unpaired) electrons. The number of nitriles is 1. The molecule has 1 aromatic heterocycles. The molecule has 0 unspecified atom stereocenters. The first kappa shape index (κ1) is 10.0. The molecule has 0 saturated heterocycles. The van der Waals surface area contributed by atoms with Crippen LogP contribution in [0, 0.1) is 29.1 Å². The molecule has 0 amide bonds. The van der Waals surface area contributed by atoms with Crippen LogP contribution in [0.2, 0.25) is 0 Å². The molecule has 88 valence electrons. The molecule has 0 aliphatic heterocycles. The van der Waals surface area contributed by atoms with Crippen LogP contribution < -0.4 is 0 Å². The lowest BCUT2D eigenvalue weighted by Crippen LogP contribution is -2.49. The van der Waals surface area contributed by atoms with Gasteiger partial charge in [-0.15, -0.1) is 5.10 Å². The largest absolute Gasteiger partial charge is 0.191 e. The van der Waals surface area contributed by atoms with Gasteiger partial charge >= 0.3 is 0 Å². The molecule has 17 heavy (non-hydrogen) atoms. The summed E-state index contributed by atoms with van der Waals surface area (Å²) in [6.45, 7) is 0. The summed E-state index contributed by atoms with van der Waals surface area (Å²) in [7, 11) is 0. The van der Waals surface area contributed by atoms with Gasteiger partial charge in [-0.1, -0.05) is 4.49 Å². The second kappa shape index (κ2) is 3.29. The molecular weight excluding hydrogens is 230 g/mol. The highest BCUT2D eigenvalue weighted by Crippen LogP contribution is 2.60. The maximum Gasteiger partial charge on any atom is 0.149 e. The Bertz CT molecular complexity index is 464. The number of nitrogens with zero attached hydrogens (tertiary/aromatic N) is 3. The Morgan fingerprint density at radius 2 is 1.71 bits per heavy atom. The van der Waals surface area contributed by atoms with E-state index in [0.29, 0.717) is 0 Å². The number of rotatable bonds is 1. The lowest BCUT2D eigenvalue weighted by molar-refractivity contribution is -0.00731. The van der Waals surface area contributed by atoms with Crippen LogP contribution in [0.25, 0.3) is 0 Å². The second-order valence-electron chi connectivity index (χ2n) is 6.26. The summed E-state index contributed by atoms with van der Waals surface area (Å²) in [6.07, 6.45) is 8.08. The maximum absolute atomic E-state index is 9.19. The van der Waals surface area contributed by atoms with Crippen LogP contribution in [0.1, 0.15) is 49.1 Å². The summed E-state index contributed by atoms with van der Waals surface area (Å²) < 4.78 is 4.02. The van der Waals surface area contributed by atoms with E-state index in [1.54, 1.807) is 0 Å². The van der Waals surface area contributed by atoms with Gasteiger partial charge in [-0.05, 0) is 67.8 Å². The van der Waals surface area contributed by atoms with Crippen LogP contribution >= 0.6 is 11.5 Å². The highest BCUT2D eigenvalue weighted by molar-refractivity contribution is 7.06. The maximum atomic E-state index is 9.19. The zero-order valence-electron chi connectivity index (χ0n) is 9.72. The van der Waals surface area contributed by atoms with Crippen LogP contribution in [0.3, 0.4) is 0 Å². The third kappa shape index (κ3) is 1.32. The minimum atomic E-state index is 0.229. The van der Waals surface area contributed by atoms with Gasteiger partial charge in [0.25, 0.3) is 0 Å². The highest BCUT2D eigenvalue weighted by Gasteiger charge is 2.53. The minimum Gasteiger partial charge on any atom is -0.191 e. The van der Waals surface area contributed by atoms with E-state index in [9.17, 15) is 5.26 Å². The molecule has 4 saturated carbocycles. The zero-order valence-corrected chi connectivity index (χ0v) is 10.5. The van der Waals surface area contributed by atoms with E-state index in [2.05, 4.69) is 15.7 Å². The van der Waals surface area contributed by atoms with Crippen molar-refractivity contribution < 1.29 is 0 Å². The predicted molar refractivity (Wildman–Crippen MR) is 64.5 cm³/mol. The Morgan fingerprint density at radius 1 is 1.12 bits per heavy atom. The Hall–Kier alpha value is -0.950. The Kier molecular flexibility index (Phi) is 1.94. The zero-order chi connectivity index (χ0) is 11.5. The van der Waals surface area contributed by atoms with Crippen LogP contribution in [0.5, 0.6) is 0 Å². The van der Waals surface area contributed by atoms with Gasteiger partial charge in [0.05, 0.1) is 5.69 Å². The summed E-state index contributed by atoms with van der Waals surface area (Å²) in [5, 5.41) is 13.5.